The first-order valence-corrected chi connectivity index (χ1v) is 36.4. The van der Waals surface area contributed by atoms with Crippen LogP contribution in [0.3, 0.4) is 0 Å². The van der Waals surface area contributed by atoms with Crippen molar-refractivity contribution in [3.63, 3.8) is 0 Å². The highest BCUT2D eigenvalue weighted by Gasteiger charge is 2.27. The van der Waals surface area contributed by atoms with Gasteiger partial charge in [-0.3, -0.25) is 14.2 Å². The number of likely N-dealkylation sites (N-methyl/N-ethyl adjacent to an activating group) is 1. The first kappa shape index (κ1) is 80.2. The van der Waals surface area contributed by atoms with Crippen molar-refractivity contribution in [1.29, 1.82) is 0 Å². The fourth-order valence-electron chi connectivity index (χ4n) is 9.96. The van der Waals surface area contributed by atoms with Gasteiger partial charge in [-0.25, -0.2) is 0 Å². The maximum absolute atomic E-state index is 13.6. The number of hydrogen-bond donors (Lipinski definition) is 1. The van der Waals surface area contributed by atoms with Gasteiger partial charge in [0.25, 0.3) is 7.82 Å². The molecule has 9 nitrogen and oxygen atoms in total. The molecule has 10 heteroatoms. The van der Waals surface area contributed by atoms with Crippen LogP contribution in [0.4, 0.5) is 0 Å². The second kappa shape index (κ2) is 62.2. The molecule has 0 aliphatic heterocycles. The molecule has 1 amide bonds. The van der Waals surface area contributed by atoms with E-state index in [2.05, 4.69) is 99.0 Å². The molecule has 0 aromatic carbocycles. The van der Waals surface area contributed by atoms with Crippen LogP contribution in [0.25, 0.3) is 0 Å². The number of carbonyl (C=O) groups is 2. The van der Waals surface area contributed by atoms with E-state index >= 15 is 0 Å². The van der Waals surface area contributed by atoms with E-state index in [1.54, 1.807) is 0 Å². The molecular weight excluding hydrogens is 1050 g/mol. The summed E-state index contributed by atoms with van der Waals surface area (Å²) in [5.41, 5.74) is 0. The zero-order valence-electron chi connectivity index (χ0n) is 55.1. The fraction of sp³-hybridized carbons (Fsp3) is 0.781. The Labute approximate surface area is 514 Å². The molecule has 3 unspecified atom stereocenters. The Bertz CT molecular complexity index is 1700. The zero-order valence-corrected chi connectivity index (χ0v) is 56.0. The summed E-state index contributed by atoms with van der Waals surface area (Å²) in [5.74, 6) is -0.556. The van der Waals surface area contributed by atoms with E-state index in [1.165, 1.54) is 173 Å². The summed E-state index contributed by atoms with van der Waals surface area (Å²) < 4.78 is 30.4. The molecule has 83 heavy (non-hydrogen) atoms. The van der Waals surface area contributed by atoms with E-state index in [-0.39, 0.29) is 24.9 Å². The van der Waals surface area contributed by atoms with Gasteiger partial charge < -0.3 is 28.5 Å². The van der Waals surface area contributed by atoms with Crippen molar-refractivity contribution in [1.82, 2.24) is 5.32 Å². The lowest BCUT2D eigenvalue weighted by molar-refractivity contribution is -0.870. The number of phosphoric acid groups is 1. The molecule has 0 aromatic rings. The zero-order chi connectivity index (χ0) is 60.7. The van der Waals surface area contributed by atoms with Gasteiger partial charge in [0.05, 0.1) is 33.8 Å². The van der Waals surface area contributed by atoms with E-state index in [4.69, 9.17) is 13.8 Å². The average Bonchev–Trinajstić information content (AvgIpc) is 3.47. The van der Waals surface area contributed by atoms with Crippen LogP contribution in [-0.4, -0.2) is 69.4 Å². The van der Waals surface area contributed by atoms with Crippen LogP contribution in [-0.2, 0) is 27.9 Å². The van der Waals surface area contributed by atoms with Crippen LogP contribution in [0.15, 0.2) is 85.1 Å². The molecule has 3 atom stereocenters. The molecule has 0 bridgehead atoms. The van der Waals surface area contributed by atoms with Crippen molar-refractivity contribution in [2.45, 2.75) is 328 Å². The lowest BCUT2D eigenvalue weighted by Gasteiger charge is -2.30. The highest BCUT2D eigenvalue weighted by molar-refractivity contribution is 7.45. The molecule has 0 rings (SSSR count). The fourth-order valence-corrected chi connectivity index (χ4v) is 10.7. The van der Waals surface area contributed by atoms with Crippen molar-refractivity contribution in [3.8, 4) is 0 Å². The SMILES string of the molecule is CC/C=C\C/C=C\C/C=C\C/C=C\C/C=C\CCCCCCCC(=O)OC(/C=C/CCCCCCCCCCCCC)C(COP(=O)([O-])OCC[N+](C)(C)C)NC(=O)CCCCCCCCCCCCCCC/C=C/CCCCCCCC. The molecule has 0 fully saturated rings. The Morgan fingerprint density at radius 2 is 0.771 bits per heavy atom. The normalized spacial score (nSPS) is 14.1. The van der Waals surface area contributed by atoms with Crippen LogP contribution < -0.4 is 10.2 Å². The van der Waals surface area contributed by atoms with Gasteiger partial charge in [0.15, 0.2) is 0 Å². The lowest BCUT2D eigenvalue weighted by Crippen LogP contribution is -2.47. The molecule has 0 radical (unpaired) electrons. The highest BCUT2D eigenvalue weighted by Crippen LogP contribution is 2.38. The van der Waals surface area contributed by atoms with Crippen molar-refractivity contribution < 1.29 is 37.3 Å². The van der Waals surface area contributed by atoms with Crippen molar-refractivity contribution in [2.24, 2.45) is 0 Å². The third-order valence-corrected chi connectivity index (χ3v) is 16.3. The Morgan fingerprint density at radius 1 is 0.434 bits per heavy atom. The number of carbonyl (C=O) groups excluding carboxylic acids is 2. The van der Waals surface area contributed by atoms with Gasteiger partial charge in [0, 0.05) is 12.8 Å². The molecule has 0 aliphatic rings. The standard InChI is InChI=1S/C73H133N2O7P/c1-7-10-13-16-19-22-25-28-30-32-34-36-37-39-40-42-44-47-50-53-56-59-62-65-72(76)74-70(69-81-83(78,79)80-68-67-75(4,5)6)71(64-61-58-55-52-49-46-27-24-21-18-15-12-9-3)82-73(77)66-63-60-57-54-51-48-45-43-41-38-35-33-31-29-26-23-20-17-14-11-8-2/h11,14,20,23,28-31,35,38,43,45,61,64,70-71H,7-10,12-13,15-19,21-22,24-27,32-34,36-37,39-42,44,46-60,62-63,65-69H2,1-6H3,(H-,74,76,78,79)/b14-11-,23-20-,30-28+,31-29-,38-35-,45-43-,64-61+. The van der Waals surface area contributed by atoms with Crippen molar-refractivity contribution in [3.05, 3.63) is 85.1 Å². The van der Waals surface area contributed by atoms with Crippen molar-refractivity contribution >= 4 is 19.7 Å². The van der Waals surface area contributed by atoms with Gasteiger partial charge in [-0.15, -0.1) is 0 Å². The first-order valence-electron chi connectivity index (χ1n) is 34.9. The van der Waals surface area contributed by atoms with Crippen LogP contribution in [0.1, 0.15) is 316 Å². The molecule has 0 spiro atoms. The van der Waals surface area contributed by atoms with Gasteiger partial charge >= 0.3 is 5.97 Å². The van der Waals surface area contributed by atoms with E-state index in [0.29, 0.717) is 23.9 Å². The minimum Gasteiger partial charge on any atom is -0.756 e. The number of quaternary nitrogens is 1. The quantitative estimate of drug-likeness (QED) is 0.0212. The van der Waals surface area contributed by atoms with Gasteiger partial charge in [-0.1, -0.05) is 286 Å². The largest absolute Gasteiger partial charge is 0.756 e. The molecule has 0 saturated heterocycles. The maximum Gasteiger partial charge on any atom is 0.306 e. The average molecular weight is 1180 g/mol. The summed E-state index contributed by atoms with van der Waals surface area (Å²) in [7, 11) is 1.17. The minimum atomic E-state index is -4.71. The smallest absolute Gasteiger partial charge is 0.306 e. The summed E-state index contributed by atoms with van der Waals surface area (Å²) in [6.45, 7) is 6.74. The molecule has 0 saturated carbocycles. The molecule has 1 N–H and O–H groups in total. The molecular formula is C73H133N2O7P. The monoisotopic (exact) mass is 1180 g/mol. The Morgan fingerprint density at radius 3 is 1.17 bits per heavy atom. The number of ether oxygens (including phenoxy) is 1. The maximum atomic E-state index is 13.6. The van der Waals surface area contributed by atoms with Crippen LogP contribution in [0, 0.1) is 0 Å². The van der Waals surface area contributed by atoms with E-state index in [1.807, 2.05) is 33.3 Å². The minimum absolute atomic E-state index is 0.0280. The number of unbranched alkanes of at least 4 members (excludes halogenated alkanes) is 35. The van der Waals surface area contributed by atoms with Crippen LogP contribution in [0.2, 0.25) is 0 Å². The molecule has 0 aliphatic carbocycles. The Balaban J connectivity index is 5.17. The summed E-state index contributed by atoms with van der Waals surface area (Å²) in [6, 6.07) is -0.901. The number of amides is 1. The predicted molar refractivity (Wildman–Crippen MR) is 358 cm³/mol. The van der Waals surface area contributed by atoms with Crippen molar-refractivity contribution in [2.75, 3.05) is 40.9 Å². The van der Waals surface area contributed by atoms with E-state index in [9.17, 15) is 19.0 Å². The molecule has 482 valence electrons. The summed E-state index contributed by atoms with van der Waals surface area (Å²) in [5, 5.41) is 3.04. The molecule has 0 heterocycles. The third kappa shape index (κ3) is 63.5. The number of allylic oxidation sites excluding steroid dienone is 13. The van der Waals surface area contributed by atoms with Gasteiger partial charge in [0.2, 0.25) is 5.91 Å². The number of rotatable bonds is 63. The Kier molecular flexibility index (Phi) is 60.1. The van der Waals surface area contributed by atoms with Gasteiger partial charge in [-0.05, 0) is 102 Å². The van der Waals surface area contributed by atoms with Gasteiger partial charge in [-0.2, -0.15) is 0 Å². The highest BCUT2D eigenvalue weighted by atomic mass is 31.2. The van der Waals surface area contributed by atoms with E-state index in [0.717, 1.165) is 103 Å². The summed E-state index contributed by atoms with van der Waals surface area (Å²) in [4.78, 5) is 40.2. The van der Waals surface area contributed by atoms with Gasteiger partial charge in [0.1, 0.15) is 19.3 Å². The second-order valence-corrected chi connectivity index (χ2v) is 26.1. The van der Waals surface area contributed by atoms with E-state index < -0.39 is 26.6 Å². The van der Waals surface area contributed by atoms with Crippen LogP contribution >= 0.6 is 7.82 Å². The second-order valence-electron chi connectivity index (χ2n) is 24.6. The summed E-state index contributed by atoms with van der Waals surface area (Å²) in [6.07, 6.45) is 82.7. The predicted octanol–water partition coefficient (Wildman–Crippen LogP) is 21.5. The number of nitrogens with zero attached hydrogens (tertiary/aromatic N) is 1. The number of nitrogens with one attached hydrogen (secondary N) is 1. The number of esters is 1. The van der Waals surface area contributed by atoms with Crippen LogP contribution in [0.5, 0.6) is 0 Å². The third-order valence-electron chi connectivity index (χ3n) is 15.3. The number of phosphoric ester groups is 1. The lowest BCUT2D eigenvalue weighted by atomic mass is 10.0. The topological polar surface area (TPSA) is 114 Å². The number of hydrogen-bond acceptors (Lipinski definition) is 7. The summed E-state index contributed by atoms with van der Waals surface area (Å²) >= 11 is 0. The Hall–Kier alpha value is -2.81. The molecule has 0 aromatic heterocycles. The first-order chi connectivity index (χ1) is 40.4.